The zero-order valence-electron chi connectivity index (χ0n) is 13.4. The Morgan fingerprint density at radius 3 is 2.54 bits per heavy atom. The third kappa shape index (κ3) is 3.17. The van der Waals surface area contributed by atoms with Gasteiger partial charge in [-0.15, -0.1) is 0 Å². The highest BCUT2D eigenvalue weighted by molar-refractivity contribution is 6.04. The van der Waals surface area contributed by atoms with Gasteiger partial charge in [0.05, 0.1) is 23.1 Å². The van der Waals surface area contributed by atoms with Crippen molar-refractivity contribution in [3.8, 4) is 5.69 Å². The SMILES string of the molecule is CC(C)c1c(C(=O)Nc2ccccn2)cnn1-c1ccc(F)cc1. The number of halogens is 1. The van der Waals surface area contributed by atoms with Crippen LogP contribution in [0.2, 0.25) is 0 Å². The number of hydrogen-bond acceptors (Lipinski definition) is 3. The average molecular weight is 324 g/mol. The minimum Gasteiger partial charge on any atom is -0.306 e. The lowest BCUT2D eigenvalue weighted by atomic mass is 10.0. The van der Waals surface area contributed by atoms with Crippen LogP contribution in [-0.2, 0) is 0 Å². The molecule has 0 spiro atoms. The fraction of sp³-hybridized carbons (Fsp3) is 0.167. The van der Waals surface area contributed by atoms with Gasteiger partial charge in [-0.05, 0) is 42.3 Å². The number of aromatic nitrogens is 3. The van der Waals surface area contributed by atoms with Crippen LogP contribution in [0.5, 0.6) is 0 Å². The predicted molar refractivity (Wildman–Crippen MR) is 89.8 cm³/mol. The Morgan fingerprint density at radius 2 is 1.92 bits per heavy atom. The predicted octanol–water partition coefficient (Wildman–Crippen LogP) is 3.78. The van der Waals surface area contributed by atoms with Gasteiger partial charge in [0, 0.05) is 6.20 Å². The molecule has 6 heteroatoms. The van der Waals surface area contributed by atoms with E-state index < -0.39 is 0 Å². The second kappa shape index (κ2) is 6.62. The molecule has 3 aromatic rings. The van der Waals surface area contributed by atoms with Crippen molar-refractivity contribution < 1.29 is 9.18 Å². The molecular weight excluding hydrogens is 307 g/mol. The van der Waals surface area contributed by atoms with Crippen molar-refractivity contribution in [3.63, 3.8) is 0 Å². The highest BCUT2D eigenvalue weighted by atomic mass is 19.1. The molecule has 1 aromatic carbocycles. The molecule has 2 heterocycles. The molecule has 0 atom stereocenters. The minimum absolute atomic E-state index is 0.0574. The van der Waals surface area contributed by atoms with E-state index in [0.717, 1.165) is 5.69 Å². The standard InChI is InChI=1S/C18H17FN4O/c1-12(2)17-15(18(24)22-16-5-3-4-10-20-16)11-21-23(17)14-8-6-13(19)7-9-14/h3-12H,1-2H3,(H,20,22,24). The Balaban J connectivity index is 1.97. The van der Waals surface area contributed by atoms with Gasteiger partial charge in [0.2, 0.25) is 0 Å². The summed E-state index contributed by atoms with van der Waals surface area (Å²) >= 11 is 0. The van der Waals surface area contributed by atoms with E-state index in [-0.39, 0.29) is 17.6 Å². The summed E-state index contributed by atoms with van der Waals surface area (Å²) in [5.41, 5.74) is 1.94. The van der Waals surface area contributed by atoms with Crippen LogP contribution in [0.3, 0.4) is 0 Å². The molecule has 0 aliphatic heterocycles. The van der Waals surface area contributed by atoms with Crippen LogP contribution in [0, 0.1) is 5.82 Å². The molecule has 2 aromatic heterocycles. The largest absolute Gasteiger partial charge is 0.306 e. The van der Waals surface area contributed by atoms with E-state index in [4.69, 9.17) is 0 Å². The number of carbonyl (C=O) groups is 1. The Hall–Kier alpha value is -3.02. The third-order valence-electron chi connectivity index (χ3n) is 3.58. The first kappa shape index (κ1) is 15.9. The molecule has 1 N–H and O–H groups in total. The summed E-state index contributed by atoms with van der Waals surface area (Å²) in [6, 6.07) is 11.3. The lowest BCUT2D eigenvalue weighted by Crippen LogP contribution is -2.16. The number of pyridine rings is 1. The summed E-state index contributed by atoms with van der Waals surface area (Å²) in [6.45, 7) is 3.96. The second-order valence-corrected chi connectivity index (χ2v) is 5.66. The molecule has 0 aliphatic carbocycles. The normalized spacial score (nSPS) is 10.8. The minimum atomic E-state index is -0.315. The summed E-state index contributed by atoms with van der Waals surface area (Å²) in [5, 5.41) is 7.08. The maximum atomic E-state index is 13.1. The van der Waals surface area contributed by atoms with E-state index in [9.17, 15) is 9.18 Å². The number of rotatable bonds is 4. The molecular formula is C18H17FN4O. The van der Waals surface area contributed by atoms with Crippen molar-refractivity contribution in [2.24, 2.45) is 0 Å². The Morgan fingerprint density at radius 1 is 1.17 bits per heavy atom. The summed E-state index contributed by atoms with van der Waals surface area (Å²) in [4.78, 5) is 16.7. The first-order chi connectivity index (χ1) is 11.6. The molecule has 0 unspecified atom stereocenters. The van der Waals surface area contributed by atoms with E-state index in [0.29, 0.717) is 17.1 Å². The molecule has 24 heavy (non-hydrogen) atoms. The molecule has 0 radical (unpaired) electrons. The zero-order chi connectivity index (χ0) is 17.1. The van der Waals surface area contributed by atoms with Crippen LogP contribution in [0.25, 0.3) is 5.69 Å². The highest BCUT2D eigenvalue weighted by Crippen LogP contribution is 2.24. The second-order valence-electron chi connectivity index (χ2n) is 5.66. The van der Waals surface area contributed by atoms with E-state index in [1.807, 2.05) is 13.8 Å². The van der Waals surface area contributed by atoms with Crippen molar-refractivity contribution in [2.45, 2.75) is 19.8 Å². The molecule has 122 valence electrons. The fourth-order valence-corrected chi connectivity index (χ4v) is 2.50. The van der Waals surface area contributed by atoms with Crippen LogP contribution < -0.4 is 5.32 Å². The van der Waals surface area contributed by atoms with Gasteiger partial charge in [0.1, 0.15) is 11.6 Å². The zero-order valence-corrected chi connectivity index (χ0v) is 13.4. The summed E-state index contributed by atoms with van der Waals surface area (Å²) in [5.74, 6) is -0.0512. The Labute approximate surface area is 139 Å². The monoisotopic (exact) mass is 324 g/mol. The first-order valence-electron chi connectivity index (χ1n) is 7.62. The lowest BCUT2D eigenvalue weighted by molar-refractivity contribution is 0.102. The third-order valence-corrected chi connectivity index (χ3v) is 3.58. The Kier molecular flexibility index (Phi) is 4.37. The van der Waals surface area contributed by atoms with E-state index >= 15 is 0 Å². The smallest absolute Gasteiger partial charge is 0.260 e. The van der Waals surface area contributed by atoms with E-state index in [1.54, 1.807) is 41.2 Å². The van der Waals surface area contributed by atoms with E-state index in [1.165, 1.54) is 18.3 Å². The molecule has 1 amide bonds. The van der Waals surface area contributed by atoms with Crippen LogP contribution >= 0.6 is 0 Å². The molecule has 0 fully saturated rings. The van der Waals surface area contributed by atoms with Gasteiger partial charge in [0.25, 0.3) is 5.91 Å². The summed E-state index contributed by atoms with van der Waals surface area (Å²) < 4.78 is 14.8. The highest BCUT2D eigenvalue weighted by Gasteiger charge is 2.21. The average Bonchev–Trinajstić information content (AvgIpc) is 3.02. The number of carbonyl (C=O) groups excluding carboxylic acids is 1. The number of nitrogens with one attached hydrogen (secondary N) is 1. The molecule has 0 saturated carbocycles. The number of hydrogen-bond donors (Lipinski definition) is 1. The molecule has 0 aliphatic rings. The first-order valence-corrected chi connectivity index (χ1v) is 7.62. The summed E-state index contributed by atoms with van der Waals surface area (Å²) in [6.07, 6.45) is 3.14. The van der Waals surface area contributed by atoms with Gasteiger partial charge in [-0.1, -0.05) is 19.9 Å². The van der Waals surface area contributed by atoms with E-state index in [2.05, 4.69) is 15.4 Å². The van der Waals surface area contributed by atoms with Crippen LogP contribution in [-0.4, -0.2) is 20.7 Å². The van der Waals surface area contributed by atoms with Gasteiger partial charge >= 0.3 is 0 Å². The Bertz CT molecular complexity index is 841. The van der Waals surface area contributed by atoms with Gasteiger partial charge in [-0.25, -0.2) is 14.1 Å². The summed E-state index contributed by atoms with van der Waals surface area (Å²) in [7, 11) is 0. The maximum absolute atomic E-state index is 13.1. The topological polar surface area (TPSA) is 59.8 Å². The van der Waals surface area contributed by atoms with Gasteiger partial charge in [0.15, 0.2) is 0 Å². The van der Waals surface area contributed by atoms with Crippen molar-refractivity contribution in [1.82, 2.24) is 14.8 Å². The molecule has 5 nitrogen and oxygen atoms in total. The number of anilines is 1. The molecule has 3 rings (SSSR count). The van der Waals surface area contributed by atoms with Gasteiger partial charge < -0.3 is 5.32 Å². The van der Waals surface area contributed by atoms with Crippen molar-refractivity contribution >= 4 is 11.7 Å². The van der Waals surface area contributed by atoms with Crippen molar-refractivity contribution in [2.75, 3.05) is 5.32 Å². The number of benzene rings is 1. The quantitative estimate of drug-likeness (QED) is 0.794. The van der Waals surface area contributed by atoms with Crippen LogP contribution in [0.4, 0.5) is 10.2 Å². The molecule has 0 bridgehead atoms. The van der Waals surface area contributed by atoms with Gasteiger partial charge in [-0.2, -0.15) is 5.10 Å². The molecule has 0 saturated heterocycles. The van der Waals surface area contributed by atoms with Crippen molar-refractivity contribution in [3.05, 3.63) is 71.9 Å². The fourth-order valence-electron chi connectivity index (χ4n) is 2.50. The number of amides is 1. The van der Waals surface area contributed by atoms with Crippen molar-refractivity contribution in [1.29, 1.82) is 0 Å². The maximum Gasteiger partial charge on any atom is 0.260 e. The van der Waals surface area contributed by atoms with Crippen LogP contribution in [0.1, 0.15) is 35.8 Å². The number of nitrogens with zero attached hydrogens (tertiary/aromatic N) is 3. The lowest BCUT2D eigenvalue weighted by Gasteiger charge is -2.13. The van der Waals surface area contributed by atoms with Gasteiger partial charge in [-0.3, -0.25) is 4.79 Å². The van der Waals surface area contributed by atoms with Crippen LogP contribution in [0.15, 0.2) is 54.9 Å².